The van der Waals surface area contributed by atoms with E-state index in [2.05, 4.69) is 10.7 Å². The maximum atomic E-state index is 13.2. The molecule has 3 unspecified atom stereocenters. The number of fused-ring (bicyclic) bond motifs is 3. The van der Waals surface area contributed by atoms with E-state index in [0.29, 0.717) is 0 Å². The van der Waals surface area contributed by atoms with E-state index in [9.17, 15) is 19.2 Å². The average molecular weight is 421 g/mol. The van der Waals surface area contributed by atoms with Gasteiger partial charge in [0.1, 0.15) is 6.54 Å². The highest BCUT2D eigenvalue weighted by Gasteiger charge is 2.54. The van der Waals surface area contributed by atoms with Crippen molar-refractivity contribution < 1.29 is 19.2 Å². The van der Waals surface area contributed by atoms with Crippen LogP contribution < -0.4 is 16.5 Å². The fraction of sp³-hybridized carbons (Fsp3) is 0.800. The standard InChI is InChI=1S/C20H32N6O4/c21-16(27)12-25-20(30)26-15-9-5-4-8-14(15)18(29)24(19(26)23-25)11-10-17(28)22-13-6-2-1-3-7-13/h13-15,19,23H,1-12H2,(H2,21,27)(H,22,28). The zero-order valence-electron chi connectivity index (χ0n) is 17.3. The Morgan fingerprint density at radius 3 is 2.47 bits per heavy atom. The highest BCUT2D eigenvalue weighted by atomic mass is 16.2. The van der Waals surface area contributed by atoms with Gasteiger partial charge in [0.05, 0.1) is 5.92 Å². The van der Waals surface area contributed by atoms with E-state index in [1.165, 1.54) is 11.4 Å². The summed E-state index contributed by atoms with van der Waals surface area (Å²) >= 11 is 0. The Hall–Kier alpha value is -2.36. The lowest BCUT2D eigenvalue weighted by Gasteiger charge is -2.48. The highest BCUT2D eigenvalue weighted by molar-refractivity contribution is 5.88. The van der Waals surface area contributed by atoms with Gasteiger partial charge in [0.15, 0.2) is 6.29 Å². The van der Waals surface area contributed by atoms with Crippen LogP contribution in [0.2, 0.25) is 0 Å². The van der Waals surface area contributed by atoms with Gasteiger partial charge >= 0.3 is 6.03 Å². The van der Waals surface area contributed by atoms with Crippen molar-refractivity contribution in [1.82, 2.24) is 25.6 Å². The molecule has 0 radical (unpaired) electrons. The summed E-state index contributed by atoms with van der Waals surface area (Å²) in [6.07, 6.45) is 8.44. The summed E-state index contributed by atoms with van der Waals surface area (Å²) in [4.78, 5) is 53.3. The van der Waals surface area contributed by atoms with Gasteiger partial charge in [0, 0.05) is 25.0 Å². The molecule has 4 rings (SSSR count). The number of urea groups is 1. The summed E-state index contributed by atoms with van der Waals surface area (Å²) in [5, 5.41) is 4.27. The van der Waals surface area contributed by atoms with Crippen LogP contribution in [0.15, 0.2) is 0 Å². The molecular formula is C20H32N6O4. The summed E-state index contributed by atoms with van der Waals surface area (Å²) in [6.45, 7) is -0.0279. The van der Waals surface area contributed by atoms with Crippen LogP contribution in [0.5, 0.6) is 0 Å². The summed E-state index contributed by atoms with van der Waals surface area (Å²) in [7, 11) is 0. The number of hydrazine groups is 1. The minimum Gasteiger partial charge on any atom is -0.368 e. The molecule has 2 saturated carbocycles. The second kappa shape index (κ2) is 8.79. The third-order valence-corrected chi connectivity index (χ3v) is 6.83. The Bertz CT molecular complexity index is 709. The molecule has 5 amide bonds. The third-order valence-electron chi connectivity index (χ3n) is 6.83. The van der Waals surface area contributed by atoms with Crippen LogP contribution in [0.1, 0.15) is 64.2 Å². The molecule has 4 fully saturated rings. The molecule has 4 N–H and O–H groups in total. The summed E-state index contributed by atoms with van der Waals surface area (Å²) in [6, 6.07) is -0.291. The van der Waals surface area contributed by atoms with Crippen molar-refractivity contribution in [2.24, 2.45) is 11.7 Å². The first kappa shape index (κ1) is 20.9. The van der Waals surface area contributed by atoms with Gasteiger partial charge in [-0.1, -0.05) is 32.1 Å². The molecule has 3 atom stereocenters. The van der Waals surface area contributed by atoms with Crippen LogP contribution in [0.25, 0.3) is 0 Å². The number of nitrogens with one attached hydrogen (secondary N) is 2. The normalized spacial score (nSPS) is 29.6. The Morgan fingerprint density at radius 1 is 1.03 bits per heavy atom. The first-order chi connectivity index (χ1) is 14.5. The first-order valence-corrected chi connectivity index (χ1v) is 11.2. The van der Waals surface area contributed by atoms with Crippen molar-refractivity contribution >= 4 is 23.8 Å². The number of nitrogens with two attached hydrogens (primary N) is 1. The van der Waals surface area contributed by atoms with Crippen LogP contribution in [0.4, 0.5) is 4.79 Å². The fourth-order valence-electron chi connectivity index (χ4n) is 5.38. The molecule has 0 bridgehead atoms. The largest absolute Gasteiger partial charge is 0.368 e. The lowest BCUT2D eigenvalue weighted by molar-refractivity contribution is -0.156. The second-order valence-electron chi connectivity index (χ2n) is 8.89. The van der Waals surface area contributed by atoms with E-state index in [-0.39, 0.29) is 55.4 Å². The van der Waals surface area contributed by atoms with Gasteiger partial charge in [-0.05, 0) is 25.7 Å². The number of carbonyl (C=O) groups is 4. The zero-order valence-corrected chi connectivity index (χ0v) is 17.3. The molecule has 10 heteroatoms. The molecule has 0 spiro atoms. The molecule has 0 aromatic heterocycles. The predicted octanol–water partition coefficient (Wildman–Crippen LogP) is 0.238. The van der Waals surface area contributed by atoms with Crippen molar-refractivity contribution in [2.75, 3.05) is 13.1 Å². The Morgan fingerprint density at radius 2 is 1.73 bits per heavy atom. The molecule has 166 valence electrons. The summed E-state index contributed by atoms with van der Waals surface area (Å²) in [5.74, 6) is -0.964. The molecule has 4 aliphatic rings. The van der Waals surface area contributed by atoms with Crippen LogP contribution in [0.3, 0.4) is 0 Å². The minimum absolute atomic E-state index is 0.0207. The van der Waals surface area contributed by atoms with Crippen molar-refractivity contribution in [1.29, 1.82) is 0 Å². The van der Waals surface area contributed by atoms with Crippen molar-refractivity contribution in [2.45, 2.75) is 82.6 Å². The number of primary amides is 1. The van der Waals surface area contributed by atoms with E-state index in [0.717, 1.165) is 51.4 Å². The molecule has 2 aliphatic heterocycles. The van der Waals surface area contributed by atoms with Crippen molar-refractivity contribution in [3.63, 3.8) is 0 Å². The maximum Gasteiger partial charge on any atom is 0.337 e. The minimum atomic E-state index is -0.675. The molecule has 0 aromatic rings. The Balaban J connectivity index is 1.45. The molecule has 30 heavy (non-hydrogen) atoms. The summed E-state index contributed by atoms with van der Waals surface area (Å²) < 4.78 is 0. The van der Waals surface area contributed by atoms with Gasteiger partial charge in [-0.2, -0.15) is 5.43 Å². The number of rotatable bonds is 6. The number of hydrogen-bond acceptors (Lipinski definition) is 5. The lowest BCUT2D eigenvalue weighted by Crippen LogP contribution is -2.66. The monoisotopic (exact) mass is 420 g/mol. The van der Waals surface area contributed by atoms with Crippen LogP contribution in [0, 0.1) is 5.92 Å². The molecular weight excluding hydrogens is 388 g/mol. The van der Waals surface area contributed by atoms with Gasteiger partial charge in [-0.25, -0.2) is 9.80 Å². The topological polar surface area (TPSA) is 128 Å². The molecule has 0 aromatic carbocycles. The van der Waals surface area contributed by atoms with E-state index in [1.807, 2.05) is 0 Å². The van der Waals surface area contributed by atoms with Crippen molar-refractivity contribution in [3.8, 4) is 0 Å². The van der Waals surface area contributed by atoms with Gasteiger partial charge in [-0.15, -0.1) is 0 Å². The van der Waals surface area contributed by atoms with E-state index in [1.54, 1.807) is 9.80 Å². The third kappa shape index (κ3) is 4.10. The Labute approximate surface area is 176 Å². The van der Waals surface area contributed by atoms with Crippen molar-refractivity contribution in [3.05, 3.63) is 0 Å². The average Bonchev–Trinajstić information content (AvgIpc) is 3.04. The van der Waals surface area contributed by atoms with Gasteiger partial charge < -0.3 is 16.0 Å². The number of carbonyl (C=O) groups excluding carboxylic acids is 4. The van der Waals surface area contributed by atoms with E-state index < -0.39 is 12.2 Å². The summed E-state index contributed by atoms with van der Waals surface area (Å²) in [5.41, 5.74) is 8.26. The van der Waals surface area contributed by atoms with Gasteiger partial charge in [0.25, 0.3) is 0 Å². The highest BCUT2D eigenvalue weighted by Crippen LogP contribution is 2.38. The molecule has 2 saturated heterocycles. The predicted molar refractivity (Wildman–Crippen MR) is 107 cm³/mol. The molecule has 10 nitrogen and oxygen atoms in total. The number of hydrogen-bond donors (Lipinski definition) is 3. The number of nitrogens with zero attached hydrogens (tertiary/aromatic N) is 3. The fourth-order valence-corrected chi connectivity index (χ4v) is 5.38. The van der Waals surface area contributed by atoms with Gasteiger partial charge in [0.2, 0.25) is 17.7 Å². The quantitative estimate of drug-likeness (QED) is 0.567. The van der Waals surface area contributed by atoms with E-state index in [4.69, 9.17) is 5.73 Å². The second-order valence-corrected chi connectivity index (χ2v) is 8.89. The first-order valence-electron chi connectivity index (χ1n) is 11.2. The molecule has 2 aliphatic carbocycles. The van der Waals surface area contributed by atoms with Crippen LogP contribution >= 0.6 is 0 Å². The lowest BCUT2D eigenvalue weighted by atomic mass is 9.81. The zero-order chi connectivity index (χ0) is 21.3. The maximum absolute atomic E-state index is 13.2. The smallest absolute Gasteiger partial charge is 0.337 e. The van der Waals surface area contributed by atoms with E-state index >= 15 is 0 Å². The molecule has 2 heterocycles. The van der Waals surface area contributed by atoms with Crippen LogP contribution in [-0.2, 0) is 14.4 Å². The van der Waals surface area contributed by atoms with Gasteiger partial charge in [-0.3, -0.25) is 19.3 Å². The SMILES string of the molecule is NC(=O)CN1NC2N(CCC(=O)NC3CCCCC3)C(=O)C3CCCCC3N2C1=O. The Kier molecular flexibility index (Phi) is 6.12. The number of amides is 5. The van der Waals surface area contributed by atoms with Crippen LogP contribution in [-0.4, -0.2) is 70.0 Å².